The number of nitrogens with one attached hydrogen (secondary N) is 1. The molecule has 0 aromatic rings. The lowest BCUT2D eigenvalue weighted by Crippen LogP contribution is -2.45. The minimum absolute atomic E-state index is 0.0342. The first-order valence-corrected chi connectivity index (χ1v) is 25.2. The van der Waals surface area contributed by atoms with Crippen LogP contribution in [0.1, 0.15) is 296 Å². The van der Waals surface area contributed by atoms with Crippen molar-refractivity contribution in [2.24, 2.45) is 0 Å². The molecule has 0 aliphatic carbocycles. The first-order valence-electron chi connectivity index (χ1n) is 25.2. The van der Waals surface area contributed by atoms with Gasteiger partial charge in [0, 0.05) is 6.42 Å². The summed E-state index contributed by atoms with van der Waals surface area (Å²) in [6, 6.07) is -0.526. The fourth-order valence-corrected chi connectivity index (χ4v) is 8.25. The van der Waals surface area contributed by atoms with Gasteiger partial charge < -0.3 is 15.5 Å². The number of aliphatic hydroxyl groups is 2. The Morgan fingerprint density at radius 3 is 0.833 bits per heavy atom. The Kier molecular flexibility index (Phi) is 46.2. The van der Waals surface area contributed by atoms with Gasteiger partial charge >= 0.3 is 0 Å². The zero-order valence-electron chi connectivity index (χ0n) is 37.3. The second-order valence-electron chi connectivity index (χ2n) is 17.6. The van der Waals surface area contributed by atoms with Crippen molar-refractivity contribution in [3.8, 4) is 0 Å². The average molecular weight is 764 g/mol. The highest BCUT2D eigenvalue weighted by Gasteiger charge is 2.19. The van der Waals surface area contributed by atoms with Crippen LogP contribution in [0.3, 0.4) is 0 Å². The van der Waals surface area contributed by atoms with Gasteiger partial charge in [-0.15, -0.1) is 0 Å². The average Bonchev–Trinajstić information content (AvgIpc) is 3.18. The molecule has 0 saturated carbocycles. The van der Waals surface area contributed by atoms with E-state index in [-0.39, 0.29) is 12.5 Å². The molecule has 324 valence electrons. The van der Waals surface area contributed by atoms with E-state index in [4.69, 9.17) is 0 Å². The summed E-state index contributed by atoms with van der Waals surface area (Å²) in [6.45, 7) is 4.28. The molecule has 0 aromatic carbocycles. The van der Waals surface area contributed by atoms with E-state index in [9.17, 15) is 15.0 Å². The van der Waals surface area contributed by atoms with Gasteiger partial charge in [-0.1, -0.05) is 277 Å². The molecule has 0 bridgehead atoms. The lowest BCUT2D eigenvalue weighted by molar-refractivity contribution is -0.123. The Morgan fingerprint density at radius 2 is 0.593 bits per heavy atom. The molecule has 0 saturated heterocycles. The fourth-order valence-electron chi connectivity index (χ4n) is 8.25. The van der Waals surface area contributed by atoms with Crippen LogP contribution in [0.25, 0.3) is 0 Å². The Bertz CT molecular complexity index is 699. The van der Waals surface area contributed by atoms with Crippen molar-refractivity contribution < 1.29 is 15.0 Å². The zero-order valence-corrected chi connectivity index (χ0v) is 37.3. The van der Waals surface area contributed by atoms with Crippen molar-refractivity contribution in [1.29, 1.82) is 0 Å². The van der Waals surface area contributed by atoms with E-state index in [0.29, 0.717) is 12.8 Å². The van der Waals surface area contributed by atoms with Gasteiger partial charge in [0.05, 0.1) is 18.8 Å². The number of unbranched alkanes of at least 4 members (excludes halogenated alkanes) is 40. The maximum Gasteiger partial charge on any atom is 0.220 e. The van der Waals surface area contributed by atoms with Crippen LogP contribution >= 0.6 is 0 Å². The third-order valence-electron chi connectivity index (χ3n) is 12.1. The van der Waals surface area contributed by atoms with Gasteiger partial charge in [-0.2, -0.15) is 0 Å². The highest BCUT2D eigenvalue weighted by atomic mass is 16.3. The van der Waals surface area contributed by atoms with Gasteiger partial charge in [0.2, 0.25) is 5.91 Å². The van der Waals surface area contributed by atoms with E-state index >= 15 is 0 Å². The van der Waals surface area contributed by atoms with Crippen molar-refractivity contribution in [3.05, 3.63) is 0 Å². The van der Waals surface area contributed by atoms with Gasteiger partial charge in [-0.25, -0.2) is 0 Å². The maximum atomic E-state index is 12.2. The van der Waals surface area contributed by atoms with Crippen LogP contribution in [-0.2, 0) is 4.79 Å². The summed E-state index contributed by atoms with van der Waals surface area (Å²) < 4.78 is 0. The minimum atomic E-state index is -0.650. The number of aliphatic hydroxyl groups excluding tert-OH is 2. The predicted octanol–water partition coefficient (Wildman–Crippen LogP) is 16.0. The van der Waals surface area contributed by atoms with E-state index in [1.807, 2.05) is 0 Å². The molecule has 54 heavy (non-hydrogen) atoms. The van der Waals surface area contributed by atoms with Crippen LogP contribution in [0.2, 0.25) is 0 Å². The fraction of sp³-hybridized carbons (Fsp3) is 0.980. The SMILES string of the molecule is CCCCCCCCCCCCCCCCCCCCCCCCCCCCCCCCCCCCCCCCC(=O)NC(CO)C(O)CCCCCC. The predicted molar refractivity (Wildman–Crippen MR) is 240 cm³/mol. The lowest BCUT2D eigenvalue weighted by Gasteiger charge is -2.22. The van der Waals surface area contributed by atoms with E-state index in [2.05, 4.69) is 19.2 Å². The van der Waals surface area contributed by atoms with Crippen molar-refractivity contribution in [2.45, 2.75) is 309 Å². The van der Waals surface area contributed by atoms with E-state index in [1.54, 1.807) is 0 Å². The topological polar surface area (TPSA) is 69.6 Å². The van der Waals surface area contributed by atoms with Crippen molar-refractivity contribution in [2.75, 3.05) is 6.61 Å². The first kappa shape index (κ1) is 53.4. The Morgan fingerprint density at radius 1 is 0.370 bits per heavy atom. The number of hydrogen-bond acceptors (Lipinski definition) is 3. The quantitative estimate of drug-likeness (QED) is 0.0541. The molecule has 1 amide bonds. The van der Waals surface area contributed by atoms with Crippen LogP contribution < -0.4 is 5.32 Å². The van der Waals surface area contributed by atoms with Crippen LogP contribution in [0, 0.1) is 0 Å². The normalized spacial score (nSPS) is 12.7. The van der Waals surface area contributed by atoms with Crippen LogP contribution in [-0.4, -0.2) is 34.9 Å². The summed E-state index contributed by atoms with van der Waals surface area (Å²) in [5.41, 5.74) is 0. The summed E-state index contributed by atoms with van der Waals surface area (Å²) in [5.74, 6) is -0.0342. The van der Waals surface area contributed by atoms with Gasteiger partial charge in [0.15, 0.2) is 0 Å². The summed E-state index contributed by atoms with van der Waals surface area (Å²) in [5, 5.41) is 22.7. The number of amides is 1. The number of carbonyl (C=O) groups excluding carboxylic acids is 1. The highest BCUT2D eigenvalue weighted by Crippen LogP contribution is 2.18. The summed E-state index contributed by atoms with van der Waals surface area (Å²) in [7, 11) is 0. The molecular weight excluding hydrogens is 663 g/mol. The van der Waals surface area contributed by atoms with Crippen LogP contribution in [0.15, 0.2) is 0 Å². The molecular formula is C50H101NO3. The third-order valence-corrected chi connectivity index (χ3v) is 12.1. The van der Waals surface area contributed by atoms with Crippen molar-refractivity contribution >= 4 is 5.91 Å². The van der Waals surface area contributed by atoms with Crippen LogP contribution in [0.5, 0.6) is 0 Å². The molecule has 4 heteroatoms. The molecule has 0 radical (unpaired) electrons. The monoisotopic (exact) mass is 764 g/mol. The molecule has 0 aromatic heterocycles. The summed E-state index contributed by atoms with van der Waals surface area (Å²) in [6.07, 6.45) is 58.7. The van der Waals surface area contributed by atoms with E-state index in [1.165, 1.54) is 238 Å². The Labute approximate surface area is 340 Å². The Hall–Kier alpha value is -0.610. The smallest absolute Gasteiger partial charge is 0.220 e. The molecule has 3 N–H and O–H groups in total. The standard InChI is InChI=1S/C50H101NO3/c1-3-5-7-9-10-11-12-13-14-15-16-17-18-19-20-21-22-23-24-25-26-27-28-29-30-31-32-33-34-35-36-37-38-39-40-41-42-44-46-50(54)51-48(47-52)49(53)45-43-8-6-4-2/h48-49,52-53H,3-47H2,1-2H3,(H,51,54). The molecule has 0 aliphatic rings. The number of hydrogen-bond donors (Lipinski definition) is 3. The van der Waals surface area contributed by atoms with Gasteiger partial charge in [0.1, 0.15) is 0 Å². The number of rotatable bonds is 47. The second kappa shape index (κ2) is 46.8. The summed E-state index contributed by atoms with van der Waals surface area (Å²) >= 11 is 0. The van der Waals surface area contributed by atoms with E-state index < -0.39 is 12.1 Å². The van der Waals surface area contributed by atoms with Crippen molar-refractivity contribution in [1.82, 2.24) is 5.32 Å². The molecule has 0 aliphatic heterocycles. The molecule has 2 atom stereocenters. The van der Waals surface area contributed by atoms with Crippen molar-refractivity contribution in [3.63, 3.8) is 0 Å². The Balaban J connectivity index is 3.22. The number of carbonyl (C=O) groups is 1. The lowest BCUT2D eigenvalue weighted by atomic mass is 10.0. The third kappa shape index (κ3) is 42.5. The highest BCUT2D eigenvalue weighted by molar-refractivity contribution is 5.76. The molecule has 2 unspecified atom stereocenters. The largest absolute Gasteiger partial charge is 0.394 e. The van der Waals surface area contributed by atoms with Gasteiger partial charge in [-0.3, -0.25) is 4.79 Å². The molecule has 0 heterocycles. The zero-order chi connectivity index (χ0) is 39.3. The minimum Gasteiger partial charge on any atom is -0.394 e. The van der Waals surface area contributed by atoms with E-state index in [0.717, 1.165) is 32.1 Å². The molecule has 0 rings (SSSR count). The van der Waals surface area contributed by atoms with Gasteiger partial charge in [0.25, 0.3) is 0 Å². The summed E-state index contributed by atoms with van der Waals surface area (Å²) in [4.78, 5) is 12.2. The molecule has 0 spiro atoms. The first-order chi connectivity index (χ1) is 26.7. The molecule has 4 nitrogen and oxygen atoms in total. The molecule has 0 fully saturated rings. The maximum absolute atomic E-state index is 12.2. The van der Waals surface area contributed by atoms with Gasteiger partial charge in [-0.05, 0) is 12.8 Å². The second-order valence-corrected chi connectivity index (χ2v) is 17.6. The van der Waals surface area contributed by atoms with Crippen LogP contribution in [0.4, 0.5) is 0 Å².